The van der Waals surface area contributed by atoms with Gasteiger partial charge in [0.1, 0.15) is 0 Å². The van der Waals surface area contributed by atoms with Crippen LogP contribution in [0.3, 0.4) is 0 Å². The molecular weight excluding hydrogens is 361 g/mol. The van der Waals surface area contributed by atoms with Crippen LogP contribution in [0.5, 0.6) is 0 Å². The summed E-state index contributed by atoms with van der Waals surface area (Å²) in [5.41, 5.74) is 0.561. The van der Waals surface area contributed by atoms with E-state index in [2.05, 4.69) is 15.9 Å². The lowest BCUT2D eigenvalue weighted by atomic mass is 9.93. The van der Waals surface area contributed by atoms with Gasteiger partial charge in [-0.05, 0) is 31.0 Å². The number of carbonyl (C=O) groups excluding carboxylic acids is 1. The van der Waals surface area contributed by atoms with Gasteiger partial charge in [0, 0.05) is 22.9 Å². The first-order valence-electron chi connectivity index (χ1n) is 6.95. The molecule has 110 valence electrons. The molecule has 0 bridgehead atoms. The van der Waals surface area contributed by atoms with Gasteiger partial charge in [0.25, 0.3) is 5.91 Å². The van der Waals surface area contributed by atoms with E-state index < -0.39 is 0 Å². The Bertz CT molecular complexity index is 475. The standard InChI is InChI=1S/C15H18BrCl2NO/c16-11-6-7-13(14(18)10-11)15(20)19(9-8-17)12-4-2-1-3-5-12/h6-7,10,12H,1-5,8-9H2. The summed E-state index contributed by atoms with van der Waals surface area (Å²) in [6.07, 6.45) is 5.77. The van der Waals surface area contributed by atoms with Gasteiger partial charge in [-0.3, -0.25) is 4.79 Å². The first kappa shape index (κ1) is 16.1. The van der Waals surface area contributed by atoms with E-state index in [1.54, 1.807) is 12.1 Å². The number of hydrogen-bond donors (Lipinski definition) is 0. The highest BCUT2D eigenvalue weighted by Crippen LogP contribution is 2.27. The van der Waals surface area contributed by atoms with Gasteiger partial charge in [0.15, 0.2) is 0 Å². The van der Waals surface area contributed by atoms with Crippen LogP contribution in [-0.4, -0.2) is 29.3 Å². The molecule has 0 radical (unpaired) electrons. The number of carbonyl (C=O) groups is 1. The molecule has 2 nitrogen and oxygen atoms in total. The average Bonchev–Trinajstić information content (AvgIpc) is 2.45. The summed E-state index contributed by atoms with van der Waals surface area (Å²) in [5.74, 6) is 0.450. The van der Waals surface area contributed by atoms with E-state index in [9.17, 15) is 4.79 Å². The zero-order chi connectivity index (χ0) is 14.5. The predicted octanol–water partition coefficient (Wildman–Crippen LogP) is 5.12. The first-order valence-corrected chi connectivity index (χ1v) is 8.66. The van der Waals surface area contributed by atoms with E-state index in [0.717, 1.165) is 17.3 Å². The van der Waals surface area contributed by atoms with Crippen molar-refractivity contribution in [3.8, 4) is 0 Å². The van der Waals surface area contributed by atoms with E-state index >= 15 is 0 Å². The fourth-order valence-electron chi connectivity index (χ4n) is 2.75. The van der Waals surface area contributed by atoms with E-state index in [-0.39, 0.29) is 5.91 Å². The van der Waals surface area contributed by atoms with E-state index in [1.807, 2.05) is 11.0 Å². The molecule has 0 heterocycles. The fourth-order valence-corrected chi connectivity index (χ4v) is 3.69. The van der Waals surface area contributed by atoms with Crippen LogP contribution < -0.4 is 0 Å². The highest BCUT2D eigenvalue weighted by Gasteiger charge is 2.26. The van der Waals surface area contributed by atoms with Crippen LogP contribution in [0.1, 0.15) is 42.5 Å². The van der Waals surface area contributed by atoms with Crippen molar-refractivity contribution in [2.24, 2.45) is 0 Å². The van der Waals surface area contributed by atoms with Crippen LogP contribution in [0.25, 0.3) is 0 Å². The lowest BCUT2D eigenvalue weighted by Gasteiger charge is -2.34. The second kappa shape index (κ2) is 7.67. The molecule has 1 aromatic rings. The molecule has 20 heavy (non-hydrogen) atoms. The third-order valence-electron chi connectivity index (χ3n) is 3.76. The molecule has 0 saturated heterocycles. The summed E-state index contributed by atoms with van der Waals surface area (Å²) in [5, 5.41) is 0.486. The maximum atomic E-state index is 12.7. The van der Waals surface area contributed by atoms with E-state index in [0.29, 0.717) is 29.1 Å². The Morgan fingerprint density at radius 3 is 2.60 bits per heavy atom. The van der Waals surface area contributed by atoms with Crippen molar-refractivity contribution in [1.82, 2.24) is 4.90 Å². The molecule has 0 aromatic heterocycles. The molecule has 0 N–H and O–H groups in total. The summed E-state index contributed by atoms with van der Waals surface area (Å²) >= 11 is 15.4. The topological polar surface area (TPSA) is 20.3 Å². The van der Waals surface area contributed by atoms with Crippen molar-refractivity contribution in [3.63, 3.8) is 0 Å². The molecule has 1 fully saturated rings. The van der Waals surface area contributed by atoms with Crippen LogP contribution >= 0.6 is 39.1 Å². The van der Waals surface area contributed by atoms with Gasteiger partial charge >= 0.3 is 0 Å². The Hall–Kier alpha value is -0.250. The zero-order valence-electron chi connectivity index (χ0n) is 11.2. The molecule has 2 rings (SSSR count). The normalized spacial score (nSPS) is 16.1. The number of nitrogens with zero attached hydrogens (tertiary/aromatic N) is 1. The molecule has 5 heteroatoms. The largest absolute Gasteiger partial charge is 0.334 e. The van der Waals surface area contributed by atoms with Gasteiger partial charge in [-0.2, -0.15) is 0 Å². The highest BCUT2D eigenvalue weighted by molar-refractivity contribution is 9.10. The molecule has 0 unspecified atom stereocenters. The highest BCUT2D eigenvalue weighted by atomic mass is 79.9. The van der Waals surface area contributed by atoms with Crippen molar-refractivity contribution in [1.29, 1.82) is 0 Å². The maximum Gasteiger partial charge on any atom is 0.255 e. The lowest BCUT2D eigenvalue weighted by molar-refractivity contribution is 0.0650. The predicted molar refractivity (Wildman–Crippen MR) is 87.8 cm³/mol. The maximum absolute atomic E-state index is 12.7. The number of halogens is 3. The molecule has 1 aliphatic rings. The van der Waals surface area contributed by atoms with Gasteiger partial charge in [-0.15, -0.1) is 11.6 Å². The molecule has 1 aliphatic carbocycles. The smallest absolute Gasteiger partial charge is 0.255 e. The average molecular weight is 379 g/mol. The second-order valence-electron chi connectivity index (χ2n) is 5.10. The Balaban J connectivity index is 2.21. The number of benzene rings is 1. The minimum atomic E-state index is -0.00458. The molecule has 1 aromatic carbocycles. The summed E-state index contributed by atoms with van der Waals surface area (Å²) in [7, 11) is 0. The first-order chi connectivity index (χ1) is 9.63. The second-order valence-corrected chi connectivity index (χ2v) is 6.80. The fraction of sp³-hybridized carbons (Fsp3) is 0.533. The van der Waals surface area contributed by atoms with Gasteiger partial charge in [0.2, 0.25) is 0 Å². The Labute approximate surface area is 138 Å². The van der Waals surface area contributed by atoms with Crippen LogP contribution in [0, 0.1) is 0 Å². The van der Waals surface area contributed by atoms with Crippen LogP contribution in [-0.2, 0) is 0 Å². The van der Waals surface area contributed by atoms with Crippen molar-refractivity contribution in [2.75, 3.05) is 12.4 Å². The van der Waals surface area contributed by atoms with Crippen molar-refractivity contribution >= 4 is 45.0 Å². The summed E-state index contributed by atoms with van der Waals surface area (Å²) in [6, 6.07) is 5.68. The number of hydrogen-bond acceptors (Lipinski definition) is 1. The van der Waals surface area contributed by atoms with Crippen molar-refractivity contribution < 1.29 is 4.79 Å². The third kappa shape index (κ3) is 3.90. The van der Waals surface area contributed by atoms with Crippen LogP contribution in [0.15, 0.2) is 22.7 Å². The van der Waals surface area contributed by atoms with Crippen molar-refractivity contribution in [2.45, 2.75) is 38.1 Å². The molecule has 1 amide bonds. The third-order valence-corrected chi connectivity index (χ3v) is 4.74. The van der Waals surface area contributed by atoms with Gasteiger partial charge < -0.3 is 4.90 Å². The quantitative estimate of drug-likeness (QED) is 0.666. The van der Waals surface area contributed by atoms with E-state index in [1.165, 1.54) is 19.3 Å². The van der Waals surface area contributed by atoms with Gasteiger partial charge in [0.05, 0.1) is 10.6 Å². The Morgan fingerprint density at radius 2 is 2.00 bits per heavy atom. The Kier molecular flexibility index (Phi) is 6.19. The van der Waals surface area contributed by atoms with Crippen LogP contribution in [0.4, 0.5) is 0 Å². The molecular formula is C15H18BrCl2NO. The molecule has 0 spiro atoms. The SMILES string of the molecule is O=C(c1ccc(Br)cc1Cl)N(CCCl)C1CCCCC1. The molecule has 0 atom stereocenters. The molecule has 1 saturated carbocycles. The Morgan fingerprint density at radius 1 is 1.30 bits per heavy atom. The molecule has 0 aliphatic heterocycles. The number of amides is 1. The van der Waals surface area contributed by atoms with Crippen LogP contribution in [0.2, 0.25) is 5.02 Å². The number of alkyl halides is 1. The minimum Gasteiger partial charge on any atom is -0.334 e. The number of rotatable bonds is 4. The summed E-state index contributed by atoms with van der Waals surface area (Å²) in [6.45, 7) is 0.581. The zero-order valence-corrected chi connectivity index (χ0v) is 14.3. The van der Waals surface area contributed by atoms with Gasteiger partial charge in [-0.1, -0.05) is 46.8 Å². The van der Waals surface area contributed by atoms with E-state index in [4.69, 9.17) is 23.2 Å². The summed E-state index contributed by atoms with van der Waals surface area (Å²) < 4.78 is 0.876. The van der Waals surface area contributed by atoms with Gasteiger partial charge in [-0.25, -0.2) is 0 Å². The minimum absolute atomic E-state index is 0.00458. The lowest BCUT2D eigenvalue weighted by Crippen LogP contribution is -2.42. The van der Waals surface area contributed by atoms with Crippen molar-refractivity contribution in [3.05, 3.63) is 33.3 Å². The summed E-state index contributed by atoms with van der Waals surface area (Å²) in [4.78, 5) is 14.6. The monoisotopic (exact) mass is 377 g/mol.